The molecule has 1 aromatic heterocycles. The maximum atomic E-state index is 10.3. The van der Waals surface area contributed by atoms with Crippen molar-refractivity contribution in [2.45, 2.75) is 45.9 Å². The van der Waals surface area contributed by atoms with Crippen molar-refractivity contribution in [3.8, 4) is 11.5 Å². The van der Waals surface area contributed by atoms with Gasteiger partial charge < -0.3 is 24.8 Å². The summed E-state index contributed by atoms with van der Waals surface area (Å²) in [5, 5.41) is 18.3. The summed E-state index contributed by atoms with van der Waals surface area (Å²) in [4.78, 5) is 2.29. The van der Waals surface area contributed by atoms with E-state index in [1.165, 1.54) is 18.5 Å². The number of methoxy groups -OCH3 is 1. The SMILES string of the molecule is COc1ccc(CNCCn2nc(C)cc2C)c(OCC(O)CN2CCCC2)c1. The van der Waals surface area contributed by atoms with E-state index in [1.807, 2.05) is 29.8 Å². The fourth-order valence-electron chi connectivity index (χ4n) is 3.75. The summed E-state index contributed by atoms with van der Waals surface area (Å²) in [5.74, 6) is 1.50. The van der Waals surface area contributed by atoms with E-state index in [-0.39, 0.29) is 6.61 Å². The van der Waals surface area contributed by atoms with Crippen LogP contribution in [0, 0.1) is 13.8 Å². The van der Waals surface area contributed by atoms with Crippen LogP contribution in [-0.2, 0) is 13.1 Å². The topological polar surface area (TPSA) is 71.8 Å². The Morgan fingerprint density at radius 3 is 2.69 bits per heavy atom. The van der Waals surface area contributed by atoms with Crippen molar-refractivity contribution >= 4 is 0 Å². The van der Waals surface area contributed by atoms with E-state index < -0.39 is 6.10 Å². The fraction of sp³-hybridized carbons (Fsp3) is 0.591. The van der Waals surface area contributed by atoms with Crippen molar-refractivity contribution in [2.75, 3.05) is 39.9 Å². The second kappa shape index (κ2) is 10.6. The highest BCUT2D eigenvalue weighted by atomic mass is 16.5. The van der Waals surface area contributed by atoms with Gasteiger partial charge in [-0.15, -0.1) is 0 Å². The molecule has 1 atom stereocenters. The van der Waals surface area contributed by atoms with Crippen molar-refractivity contribution < 1.29 is 14.6 Å². The summed E-state index contributed by atoms with van der Waals surface area (Å²) in [7, 11) is 1.65. The van der Waals surface area contributed by atoms with E-state index in [2.05, 4.69) is 28.3 Å². The summed E-state index contributed by atoms with van der Waals surface area (Å²) in [6.07, 6.45) is 1.94. The van der Waals surface area contributed by atoms with Crippen LogP contribution < -0.4 is 14.8 Å². The van der Waals surface area contributed by atoms with Crippen molar-refractivity contribution in [1.29, 1.82) is 0 Å². The number of aliphatic hydroxyl groups excluding tert-OH is 1. The molecule has 1 aliphatic rings. The predicted octanol–water partition coefficient (Wildman–Crippen LogP) is 2.13. The molecule has 29 heavy (non-hydrogen) atoms. The van der Waals surface area contributed by atoms with E-state index in [0.717, 1.165) is 48.9 Å². The number of hydrogen-bond donors (Lipinski definition) is 2. The zero-order chi connectivity index (χ0) is 20.6. The lowest BCUT2D eigenvalue weighted by Gasteiger charge is -2.20. The van der Waals surface area contributed by atoms with E-state index in [0.29, 0.717) is 13.1 Å². The quantitative estimate of drug-likeness (QED) is 0.561. The van der Waals surface area contributed by atoms with Gasteiger partial charge in [-0.25, -0.2) is 0 Å². The standard InChI is InChI=1S/C22H34N4O3/c1-17-12-18(2)26(24-17)11-8-23-14-19-6-7-21(28-3)13-22(19)29-16-20(27)15-25-9-4-5-10-25/h6-7,12-13,20,23,27H,4-5,8-11,14-16H2,1-3H3. The van der Waals surface area contributed by atoms with Gasteiger partial charge in [-0.05, 0) is 51.9 Å². The van der Waals surface area contributed by atoms with Crippen LogP contribution in [0.2, 0.25) is 0 Å². The first-order chi connectivity index (χ1) is 14.0. The van der Waals surface area contributed by atoms with E-state index >= 15 is 0 Å². The summed E-state index contributed by atoms with van der Waals surface area (Å²) in [6, 6.07) is 7.92. The third-order valence-corrected chi connectivity index (χ3v) is 5.29. The summed E-state index contributed by atoms with van der Waals surface area (Å²) < 4.78 is 13.3. The van der Waals surface area contributed by atoms with Gasteiger partial charge >= 0.3 is 0 Å². The maximum Gasteiger partial charge on any atom is 0.127 e. The molecule has 2 heterocycles. The number of nitrogens with one attached hydrogen (secondary N) is 1. The first-order valence-corrected chi connectivity index (χ1v) is 10.5. The Kier molecular flexibility index (Phi) is 7.91. The highest BCUT2D eigenvalue weighted by molar-refractivity contribution is 5.40. The second-order valence-electron chi connectivity index (χ2n) is 7.77. The molecule has 0 saturated carbocycles. The molecule has 2 N–H and O–H groups in total. The minimum atomic E-state index is -0.494. The Hall–Kier alpha value is -2.09. The summed E-state index contributed by atoms with van der Waals surface area (Å²) >= 11 is 0. The molecule has 7 heteroatoms. The van der Waals surface area contributed by atoms with E-state index in [1.54, 1.807) is 7.11 Å². The largest absolute Gasteiger partial charge is 0.497 e. The summed E-state index contributed by atoms with van der Waals surface area (Å²) in [5.41, 5.74) is 3.26. The van der Waals surface area contributed by atoms with Gasteiger partial charge in [0, 0.05) is 37.0 Å². The lowest BCUT2D eigenvalue weighted by molar-refractivity contribution is 0.0753. The minimum absolute atomic E-state index is 0.280. The van der Waals surface area contributed by atoms with Gasteiger partial charge in [0.05, 0.1) is 19.3 Å². The Morgan fingerprint density at radius 1 is 1.21 bits per heavy atom. The number of rotatable bonds is 11. The maximum absolute atomic E-state index is 10.3. The van der Waals surface area contributed by atoms with E-state index in [4.69, 9.17) is 9.47 Å². The smallest absolute Gasteiger partial charge is 0.127 e. The molecule has 1 unspecified atom stereocenters. The molecule has 0 bridgehead atoms. The van der Waals surface area contributed by atoms with Gasteiger partial charge in [-0.1, -0.05) is 6.07 Å². The molecule has 7 nitrogen and oxygen atoms in total. The first-order valence-electron chi connectivity index (χ1n) is 10.5. The summed E-state index contributed by atoms with van der Waals surface area (Å²) in [6.45, 7) is 9.48. The van der Waals surface area contributed by atoms with Crippen molar-refractivity contribution in [3.05, 3.63) is 41.2 Å². The monoisotopic (exact) mass is 402 g/mol. The molecule has 0 radical (unpaired) electrons. The minimum Gasteiger partial charge on any atom is -0.497 e. The molecule has 1 aromatic carbocycles. The molecule has 2 aromatic rings. The van der Waals surface area contributed by atoms with Crippen LogP contribution in [0.4, 0.5) is 0 Å². The number of hydrogen-bond acceptors (Lipinski definition) is 6. The fourth-order valence-corrected chi connectivity index (χ4v) is 3.75. The molecular weight excluding hydrogens is 368 g/mol. The number of benzene rings is 1. The van der Waals surface area contributed by atoms with Gasteiger partial charge in [0.15, 0.2) is 0 Å². The molecule has 0 spiro atoms. The zero-order valence-corrected chi connectivity index (χ0v) is 17.9. The van der Waals surface area contributed by atoms with Crippen molar-refractivity contribution in [1.82, 2.24) is 20.0 Å². The van der Waals surface area contributed by atoms with Crippen molar-refractivity contribution in [2.24, 2.45) is 0 Å². The zero-order valence-electron chi connectivity index (χ0n) is 17.9. The van der Waals surface area contributed by atoms with Gasteiger partial charge in [-0.3, -0.25) is 4.68 Å². The molecule has 160 valence electrons. The number of aromatic nitrogens is 2. The van der Waals surface area contributed by atoms with Crippen LogP contribution in [0.3, 0.4) is 0 Å². The van der Waals surface area contributed by atoms with Gasteiger partial charge in [0.2, 0.25) is 0 Å². The lowest BCUT2D eigenvalue weighted by Crippen LogP contribution is -2.33. The normalized spacial score (nSPS) is 15.6. The highest BCUT2D eigenvalue weighted by Crippen LogP contribution is 2.25. The van der Waals surface area contributed by atoms with Crippen LogP contribution in [0.1, 0.15) is 29.8 Å². The van der Waals surface area contributed by atoms with E-state index in [9.17, 15) is 5.11 Å². The third kappa shape index (κ3) is 6.45. The van der Waals surface area contributed by atoms with Crippen LogP contribution in [0.5, 0.6) is 11.5 Å². The second-order valence-corrected chi connectivity index (χ2v) is 7.77. The average Bonchev–Trinajstić information content (AvgIpc) is 3.33. The van der Waals surface area contributed by atoms with Gasteiger partial charge in [0.25, 0.3) is 0 Å². The van der Waals surface area contributed by atoms with Crippen LogP contribution in [0.25, 0.3) is 0 Å². The predicted molar refractivity (Wildman–Crippen MR) is 114 cm³/mol. The molecule has 1 fully saturated rings. The lowest BCUT2D eigenvalue weighted by atomic mass is 10.2. The molecule has 0 aliphatic carbocycles. The van der Waals surface area contributed by atoms with Crippen LogP contribution in [0.15, 0.2) is 24.3 Å². The van der Waals surface area contributed by atoms with Gasteiger partial charge in [-0.2, -0.15) is 5.10 Å². The number of aryl methyl sites for hydroxylation is 2. The molecule has 3 rings (SSSR count). The molecule has 1 saturated heterocycles. The molecule has 1 aliphatic heterocycles. The highest BCUT2D eigenvalue weighted by Gasteiger charge is 2.17. The Morgan fingerprint density at radius 2 is 2.00 bits per heavy atom. The number of ether oxygens (including phenoxy) is 2. The Bertz CT molecular complexity index is 771. The number of likely N-dealkylation sites (tertiary alicyclic amines) is 1. The van der Waals surface area contributed by atoms with Gasteiger partial charge in [0.1, 0.15) is 24.2 Å². The Balaban J connectivity index is 1.51. The first kappa shape index (κ1) is 21.6. The molecule has 0 amide bonds. The average molecular weight is 403 g/mol. The number of aliphatic hydroxyl groups is 1. The Labute approximate surface area is 173 Å². The van der Waals surface area contributed by atoms with Crippen LogP contribution >= 0.6 is 0 Å². The third-order valence-electron chi connectivity index (χ3n) is 5.29. The van der Waals surface area contributed by atoms with Crippen molar-refractivity contribution in [3.63, 3.8) is 0 Å². The number of nitrogens with zero attached hydrogens (tertiary/aromatic N) is 3. The molecular formula is C22H34N4O3. The van der Waals surface area contributed by atoms with Crippen LogP contribution in [-0.4, -0.2) is 65.8 Å². The number of β-amino-alcohol motifs (C(OH)–C–C–N with tert-alkyl or cyclic N) is 1.